The Hall–Kier alpha value is -4.18. The van der Waals surface area contributed by atoms with Gasteiger partial charge in [0.05, 0.1) is 32.1 Å². The zero-order valence-electron chi connectivity index (χ0n) is 17.9. The molecule has 0 atom stereocenters. The lowest BCUT2D eigenvalue weighted by Gasteiger charge is -2.28. The molecule has 170 valence electrons. The number of carbonyl (C=O) groups is 2. The Morgan fingerprint density at radius 2 is 1.61 bits per heavy atom. The molecule has 1 saturated heterocycles. The largest absolute Gasteiger partial charge is 0.491 e. The van der Waals surface area contributed by atoms with E-state index in [9.17, 15) is 9.59 Å². The summed E-state index contributed by atoms with van der Waals surface area (Å²) in [5, 5.41) is 14.3. The molecule has 0 spiro atoms. The predicted octanol–water partition coefficient (Wildman–Crippen LogP) is 3.33. The van der Waals surface area contributed by atoms with Gasteiger partial charge in [-0.1, -0.05) is 0 Å². The number of aromatic nitrogens is 2. The lowest BCUT2D eigenvalue weighted by Crippen LogP contribution is -2.37. The molecule has 0 radical (unpaired) electrons. The second-order valence-corrected chi connectivity index (χ2v) is 7.22. The van der Waals surface area contributed by atoms with Crippen LogP contribution in [0.5, 0.6) is 5.75 Å². The van der Waals surface area contributed by atoms with Gasteiger partial charge in [-0.25, -0.2) is 19.6 Å². The van der Waals surface area contributed by atoms with Gasteiger partial charge < -0.3 is 30.1 Å². The third-order valence-electron chi connectivity index (χ3n) is 5.06. The molecule has 2 amide bonds. The van der Waals surface area contributed by atoms with Gasteiger partial charge in [0.1, 0.15) is 0 Å². The molecular formula is C23H23N5O5. The molecule has 1 fully saturated rings. The third kappa shape index (κ3) is 5.36. The van der Waals surface area contributed by atoms with Crippen molar-refractivity contribution in [2.24, 2.45) is 0 Å². The van der Waals surface area contributed by atoms with Gasteiger partial charge in [0.25, 0.3) is 0 Å². The van der Waals surface area contributed by atoms with Crippen molar-refractivity contribution in [1.29, 1.82) is 0 Å². The first kappa shape index (κ1) is 22.0. The number of amides is 2. The van der Waals surface area contributed by atoms with E-state index in [0.29, 0.717) is 36.2 Å². The van der Waals surface area contributed by atoms with Crippen molar-refractivity contribution in [3.05, 3.63) is 60.3 Å². The Balaban J connectivity index is 1.43. The molecule has 4 rings (SSSR count). The fraction of sp³-hybridized carbons (Fsp3) is 0.217. The average Bonchev–Trinajstić information content (AvgIpc) is 2.85. The standard InChI is InChI=1S/C23H23N5O5/c1-32-19-14-24-20(27-21(19)28-10-12-33-13-11-28)15-2-6-17(7-3-15)25-23(31)26-18-8-4-16(5-9-18)22(29)30/h2-9,14H,10-13H2,1H3,(H,29,30)(H2,25,26,31). The first-order valence-electron chi connectivity index (χ1n) is 10.3. The summed E-state index contributed by atoms with van der Waals surface area (Å²) in [6.07, 6.45) is 1.66. The lowest BCUT2D eigenvalue weighted by atomic mass is 10.2. The SMILES string of the molecule is COc1cnc(-c2ccc(NC(=O)Nc3ccc(C(=O)O)cc3)cc2)nc1N1CCOCC1. The summed E-state index contributed by atoms with van der Waals surface area (Å²) in [5.74, 6) is 0.851. The van der Waals surface area contributed by atoms with E-state index in [0.717, 1.165) is 24.5 Å². The van der Waals surface area contributed by atoms with Crippen LogP contribution in [0.2, 0.25) is 0 Å². The summed E-state index contributed by atoms with van der Waals surface area (Å²) >= 11 is 0. The summed E-state index contributed by atoms with van der Waals surface area (Å²) < 4.78 is 10.8. The first-order chi connectivity index (χ1) is 16.0. The number of carboxylic acids is 1. The number of ether oxygens (including phenoxy) is 2. The maximum atomic E-state index is 12.3. The number of anilines is 3. The van der Waals surface area contributed by atoms with Gasteiger partial charge in [0.15, 0.2) is 17.4 Å². The average molecular weight is 449 g/mol. The molecule has 1 aromatic heterocycles. The number of methoxy groups -OCH3 is 1. The van der Waals surface area contributed by atoms with Gasteiger partial charge in [0, 0.05) is 30.0 Å². The van der Waals surface area contributed by atoms with Crippen LogP contribution in [0.3, 0.4) is 0 Å². The Bertz CT molecular complexity index is 1130. The minimum absolute atomic E-state index is 0.147. The summed E-state index contributed by atoms with van der Waals surface area (Å²) in [5.41, 5.74) is 2.01. The van der Waals surface area contributed by atoms with Crippen molar-refractivity contribution in [2.45, 2.75) is 0 Å². The summed E-state index contributed by atoms with van der Waals surface area (Å²) in [6, 6.07) is 12.6. The van der Waals surface area contributed by atoms with Crippen LogP contribution in [0.25, 0.3) is 11.4 Å². The summed E-state index contributed by atoms with van der Waals surface area (Å²) in [6.45, 7) is 2.72. The van der Waals surface area contributed by atoms with Crippen molar-refractivity contribution < 1.29 is 24.2 Å². The number of nitrogens with zero attached hydrogens (tertiary/aromatic N) is 3. The monoisotopic (exact) mass is 449 g/mol. The third-order valence-corrected chi connectivity index (χ3v) is 5.06. The second kappa shape index (κ2) is 9.96. The maximum absolute atomic E-state index is 12.3. The fourth-order valence-corrected chi connectivity index (χ4v) is 3.34. The summed E-state index contributed by atoms with van der Waals surface area (Å²) in [7, 11) is 1.59. The van der Waals surface area contributed by atoms with E-state index < -0.39 is 12.0 Å². The minimum Gasteiger partial charge on any atom is -0.491 e. The smallest absolute Gasteiger partial charge is 0.335 e. The molecular weight excluding hydrogens is 426 g/mol. The van der Waals surface area contributed by atoms with E-state index in [2.05, 4.69) is 20.5 Å². The van der Waals surface area contributed by atoms with Crippen molar-refractivity contribution in [2.75, 3.05) is 48.9 Å². The molecule has 0 unspecified atom stereocenters. The van der Waals surface area contributed by atoms with Crippen LogP contribution in [-0.2, 0) is 4.74 Å². The van der Waals surface area contributed by atoms with Crippen LogP contribution >= 0.6 is 0 Å². The number of hydrogen-bond acceptors (Lipinski definition) is 7. The van der Waals surface area contributed by atoms with E-state index in [4.69, 9.17) is 19.6 Å². The van der Waals surface area contributed by atoms with E-state index in [1.807, 2.05) is 12.1 Å². The van der Waals surface area contributed by atoms with Crippen LogP contribution in [0.15, 0.2) is 54.7 Å². The Kier molecular flexibility index (Phi) is 6.65. The highest BCUT2D eigenvalue weighted by molar-refractivity contribution is 6.00. The number of aromatic carboxylic acids is 1. The molecule has 33 heavy (non-hydrogen) atoms. The van der Waals surface area contributed by atoms with Crippen LogP contribution in [0, 0.1) is 0 Å². The van der Waals surface area contributed by atoms with Gasteiger partial charge in [-0.2, -0.15) is 0 Å². The number of morpholine rings is 1. The van der Waals surface area contributed by atoms with E-state index in [1.54, 1.807) is 25.4 Å². The van der Waals surface area contributed by atoms with E-state index in [-0.39, 0.29) is 5.56 Å². The summed E-state index contributed by atoms with van der Waals surface area (Å²) in [4.78, 5) is 34.4. The lowest BCUT2D eigenvalue weighted by molar-refractivity contribution is 0.0697. The second-order valence-electron chi connectivity index (χ2n) is 7.22. The van der Waals surface area contributed by atoms with Gasteiger partial charge in [0.2, 0.25) is 0 Å². The molecule has 10 nitrogen and oxygen atoms in total. The Morgan fingerprint density at radius 3 is 2.18 bits per heavy atom. The molecule has 1 aliphatic heterocycles. The minimum atomic E-state index is -1.02. The molecule has 2 aromatic carbocycles. The van der Waals surface area contributed by atoms with Gasteiger partial charge in [-0.05, 0) is 48.5 Å². The molecule has 0 aliphatic carbocycles. The van der Waals surface area contributed by atoms with Gasteiger partial charge in [-0.3, -0.25) is 0 Å². The van der Waals surface area contributed by atoms with Crippen molar-refractivity contribution >= 4 is 29.2 Å². The zero-order chi connectivity index (χ0) is 23.2. The predicted molar refractivity (Wildman–Crippen MR) is 123 cm³/mol. The number of benzene rings is 2. The van der Waals surface area contributed by atoms with E-state index >= 15 is 0 Å². The van der Waals surface area contributed by atoms with Crippen molar-refractivity contribution in [1.82, 2.24) is 9.97 Å². The molecule has 3 aromatic rings. The number of hydrogen-bond donors (Lipinski definition) is 3. The zero-order valence-corrected chi connectivity index (χ0v) is 17.9. The van der Waals surface area contributed by atoms with Crippen LogP contribution in [-0.4, -0.2) is 60.5 Å². The fourth-order valence-electron chi connectivity index (χ4n) is 3.34. The molecule has 0 saturated carbocycles. The van der Waals surface area contributed by atoms with Gasteiger partial charge in [-0.15, -0.1) is 0 Å². The maximum Gasteiger partial charge on any atom is 0.335 e. The quantitative estimate of drug-likeness (QED) is 0.523. The Morgan fingerprint density at radius 1 is 1.00 bits per heavy atom. The van der Waals surface area contributed by atoms with Crippen LogP contribution in [0.4, 0.5) is 22.0 Å². The molecule has 1 aliphatic rings. The highest BCUT2D eigenvalue weighted by Gasteiger charge is 2.19. The van der Waals surface area contributed by atoms with Gasteiger partial charge >= 0.3 is 12.0 Å². The Labute approximate surface area is 190 Å². The molecule has 3 N–H and O–H groups in total. The first-order valence-corrected chi connectivity index (χ1v) is 10.3. The number of nitrogens with one attached hydrogen (secondary N) is 2. The van der Waals surface area contributed by atoms with Crippen molar-refractivity contribution in [3.63, 3.8) is 0 Å². The van der Waals surface area contributed by atoms with Crippen LogP contribution in [0.1, 0.15) is 10.4 Å². The number of urea groups is 1. The topological polar surface area (TPSA) is 126 Å². The number of rotatable bonds is 6. The van der Waals surface area contributed by atoms with E-state index in [1.165, 1.54) is 24.3 Å². The number of carbonyl (C=O) groups excluding carboxylic acids is 1. The molecule has 10 heteroatoms. The normalized spacial score (nSPS) is 13.3. The van der Waals surface area contributed by atoms with Crippen LogP contribution < -0.4 is 20.3 Å². The number of carboxylic acid groups (broad SMARTS) is 1. The molecule has 2 heterocycles. The molecule has 0 bridgehead atoms. The highest BCUT2D eigenvalue weighted by Crippen LogP contribution is 2.29. The highest BCUT2D eigenvalue weighted by atomic mass is 16.5. The van der Waals surface area contributed by atoms with Crippen molar-refractivity contribution in [3.8, 4) is 17.1 Å².